The molecule has 0 aliphatic carbocycles. The van der Waals surface area contributed by atoms with Crippen molar-refractivity contribution in [2.75, 3.05) is 12.4 Å². The Labute approximate surface area is 102 Å². The van der Waals surface area contributed by atoms with Crippen LogP contribution in [0.3, 0.4) is 0 Å². The fourth-order valence-electron chi connectivity index (χ4n) is 1.33. The van der Waals surface area contributed by atoms with Crippen molar-refractivity contribution in [2.24, 2.45) is 5.92 Å². The van der Waals surface area contributed by atoms with E-state index in [0.29, 0.717) is 24.8 Å². The minimum atomic E-state index is 0.0980. The maximum Gasteiger partial charge on any atom is 0.220 e. The van der Waals surface area contributed by atoms with Gasteiger partial charge in [0.25, 0.3) is 0 Å². The van der Waals surface area contributed by atoms with E-state index in [2.05, 4.69) is 5.32 Å². The fourth-order valence-corrected chi connectivity index (χ4v) is 1.44. The Morgan fingerprint density at radius 1 is 1.38 bits per heavy atom. The van der Waals surface area contributed by atoms with E-state index in [0.717, 1.165) is 6.42 Å². The summed E-state index contributed by atoms with van der Waals surface area (Å²) in [5.74, 6) is 1.02. The Balaban J connectivity index is 2.20. The minimum Gasteiger partial charge on any atom is -0.356 e. The van der Waals surface area contributed by atoms with Crippen molar-refractivity contribution in [3.05, 3.63) is 35.9 Å². The average molecular weight is 240 g/mol. The molecule has 1 amide bonds. The van der Waals surface area contributed by atoms with E-state index in [4.69, 9.17) is 11.6 Å². The maximum atomic E-state index is 11.5. The van der Waals surface area contributed by atoms with Crippen LogP contribution in [0.1, 0.15) is 18.9 Å². The van der Waals surface area contributed by atoms with Gasteiger partial charge in [0, 0.05) is 18.8 Å². The molecule has 0 aromatic heterocycles. The highest BCUT2D eigenvalue weighted by molar-refractivity contribution is 6.18. The number of aryl methyl sites for hydroxylation is 1. The first-order valence-electron chi connectivity index (χ1n) is 5.59. The van der Waals surface area contributed by atoms with Crippen molar-refractivity contribution >= 4 is 17.5 Å². The molecule has 0 heterocycles. The predicted molar refractivity (Wildman–Crippen MR) is 67.7 cm³/mol. The molecule has 1 atom stereocenters. The highest BCUT2D eigenvalue weighted by atomic mass is 35.5. The number of rotatable bonds is 6. The molecule has 0 saturated carbocycles. The van der Waals surface area contributed by atoms with Crippen LogP contribution in [0.2, 0.25) is 0 Å². The van der Waals surface area contributed by atoms with Gasteiger partial charge in [-0.05, 0) is 17.9 Å². The summed E-state index contributed by atoms with van der Waals surface area (Å²) in [6, 6.07) is 10.0. The van der Waals surface area contributed by atoms with E-state index in [1.807, 2.05) is 37.3 Å². The summed E-state index contributed by atoms with van der Waals surface area (Å²) in [6.07, 6.45) is 1.33. The first-order chi connectivity index (χ1) is 7.72. The molecule has 0 saturated heterocycles. The second-order valence-corrected chi connectivity index (χ2v) is 4.36. The van der Waals surface area contributed by atoms with E-state index >= 15 is 0 Å². The molecule has 1 N–H and O–H groups in total. The molecule has 1 unspecified atom stereocenters. The fraction of sp³-hybridized carbons (Fsp3) is 0.462. The van der Waals surface area contributed by atoms with E-state index in [1.54, 1.807) is 0 Å². The Bertz CT molecular complexity index is 313. The van der Waals surface area contributed by atoms with Crippen LogP contribution in [0.4, 0.5) is 0 Å². The van der Waals surface area contributed by atoms with Gasteiger partial charge in [-0.25, -0.2) is 0 Å². The zero-order valence-electron chi connectivity index (χ0n) is 9.58. The summed E-state index contributed by atoms with van der Waals surface area (Å²) in [5.41, 5.74) is 1.20. The number of nitrogens with one attached hydrogen (secondary N) is 1. The standard InChI is InChI=1S/C13H18ClNO/c1-11(9-14)10-15-13(16)8-7-12-5-3-2-4-6-12/h2-6,11H,7-10H2,1H3,(H,15,16). The van der Waals surface area contributed by atoms with Crippen molar-refractivity contribution in [1.82, 2.24) is 5.32 Å². The minimum absolute atomic E-state index is 0.0980. The first kappa shape index (κ1) is 13.0. The lowest BCUT2D eigenvalue weighted by Crippen LogP contribution is -2.28. The van der Waals surface area contributed by atoms with Crippen molar-refractivity contribution in [3.8, 4) is 0 Å². The summed E-state index contributed by atoms with van der Waals surface area (Å²) in [7, 11) is 0. The topological polar surface area (TPSA) is 29.1 Å². The van der Waals surface area contributed by atoms with Crippen LogP contribution in [0, 0.1) is 5.92 Å². The number of amides is 1. The van der Waals surface area contributed by atoms with Gasteiger partial charge in [0.05, 0.1) is 0 Å². The molecule has 88 valence electrons. The van der Waals surface area contributed by atoms with Gasteiger partial charge in [0.15, 0.2) is 0 Å². The van der Waals surface area contributed by atoms with Crippen LogP contribution < -0.4 is 5.32 Å². The number of carbonyl (C=O) groups is 1. The number of halogens is 1. The summed E-state index contributed by atoms with van der Waals surface area (Å²) >= 11 is 5.66. The number of carbonyl (C=O) groups excluding carboxylic acids is 1. The maximum absolute atomic E-state index is 11.5. The van der Waals surface area contributed by atoms with Gasteiger partial charge in [-0.1, -0.05) is 37.3 Å². The third kappa shape index (κ3) is 5.17. The second kappa shape index (κ2) is 7.29. The predicted octanol–water partition coefficient (Wildman–Crippen LogP) is 2.61. The molecule has 0 aliphatic heterocycles. The molecule has 0 fully saturated rings. The summed E-state index contributed by atoms with van der Waals surface area (Å²) in [5, 5.41) is 2.88. The highest BCUT2D eigenvalue weighted by Gasteiger charge is 2.04. The van der Waals surface area contributed by atoms with Crippen LogP contribution in [-0.2, 0) is 11.2 Å². The average Bonchev–Trinajstić information content (AvgIpc) is 2.34. The van der Waals surface area contributed by atoms with Gasteiger partial charge in [-0.2, -0.15) is 0 Å². The van der Waals surface area contributed by atoms with E-state index in [9.17, 15) is 4.79 Å². The molecule has 1 aromatic rings. The highest BCUT2D eigenvalue weighted by Crippen LogP contribution is 2.02. The lowest BCUT2D eigenvalue weighted by Gasteiger charge is -2.09. The SMILES string of the molecule is CC(CCl)CNC(=O)CCc1ccccc1. The number of hydrogen-bond donors (Lipinski definition) is 1. The van der Waals surface area contributed by atoms with Gasteiger partial charge < -0.3 is 5.32 Å². The lowest BCUT2D eigenvalue weighted by atomic mass is 10.1. The summed E-state index contributed by atoms with van der Waals surface area (Å²) in [6.45, 7) is 2.68. The van der Waals surface area contributed by atoms with Gasteiger partial charge in [-0.3, -0.25) is 4.79 Å². The van der Waals surface area contributed by atoms with Crippen LogP contribution in [0.25, 0.3) is 0 Å². The van der Waals surface area contributed by atoms with Crippen LogP contribution in [0.5, 0.6) is 0 Å². The molecule has 16 heavy (non-hydrogen) atoms. The Kier molecular flexibility index (Phi) is 5.94. The molecule has 3 heteroatoms. The Hall–Kier alpha value is -1.02. The van der Waals surface area contributed by atoms with Crippen LogP contribution >= 0.6 is 11.6 Å². The molecule has 2 nitrogen and oxygen atoms in total. The molecule has 0 spiro atoms. The van der Waals surface area contributed by atoms with E-state index in [-0.39, 0.29) is 5.91 Å². The summed E-state index contributed by atoms with van der Waals surface area (Å²) < 4.78 is 0. The molecule has 0 aliphatic rings. The van der Waals surface area contributed by atoms with Crippen molar-refractivity contribution in [3.63, 3.8) is 0 Å². The third-order valence-corrected chi connectivity index (χ3v) is 2.92. The molecule has 0 bridgehead atoms. The van der Waals surface area contributed by atoms with Crippen LogP contribution in [0.15, 0.2) is 30.3 Å². The quantitative estimate of drug-likeness (QED) is 0.760. The van der Waals surface area contributed by atoms with Gasteiger partial charge >= 0.3 is 0 Å². The normalized spacial score (nSPS) is 12.1. The van der Waals surface area contributed by atoms with Gasteiger partial charge in [0.2, 0.25) is 5.91 Å². The molecular weight excluding hydrogens is 222 g/mol. The van der Waals surface area contributed by atoms with E-state index < -0.39 is 0 Å². The number of hydrogen-bond acceptors (Lipinski definition) is 1. The second-order valence-electron chi connectivity index (χ2n) is 4.05. The number of alkyl halides is 1. The lowest BCUT2D eigenvalue weighted by molar-refractivity contribution is -0.121. The first-order valence-corrected chi connectivity index (χ1v) is 6.12. The summed E-state index contributed by atoms with van der Waals surface area (Å²) in [4.78, 5) is 11.5. The largest absolute Gasteiger partial charge is 0.356 e. The van der Waals surface area contributed by atoms with Gasteiger partial charge in [-0.15, -0.1) is 11.6 Å². The molecule has 1 aromatic carbocycles. The molecular formula is C13H18ClNO. The van der Waals surface area contributed by atoms with Crippen LogP contribution in [-0.4, -0.2) is 18.3 Å². The van der Waals surface area contributed by atoms with Crippen molar-refractivity contribution < 1.29 is 4.79 Å². The monoisotopic (exact) mass is 239 g/mol. The molecule has 0 radical (unpaired) electrons. The number of benzene rings is 1. The zero-order valence-corrected chi connectivity index (χ0v) is 10.3. The third-order valence-electron chi connectivity index (χ3n) is 2.39. The van der Waals surface area contributed by atoms with Crippen molar-refractivity contribution in [1.29, 1.82) is 0 Å². The zero-order chi connectivity index (χ0) is 11.8. The van der Waals surface area contributed by atoms with Crippen molar-refractivity contribution in [2.45, 2.75) is 19.8 Å². The Morgan fingerprint density at radius 3 is 2.69 bits per heavy atom. The Morgan fingerprint density at radius 2 is 2.06 bits per heavy atom. The van der Waals surface area contributed by atoms with Gasteiger partial charge in [0.1, 0.15) is 0 Å². The van der Waals surface area contributed by atoms with E-state index in [1.165, 1.54) is 5.56 Å². The molecule has 1 rings (SSSR count). The smallest absolute Gasteiger partial charge is 0.220 e.